The molecule has 0 saturated heterocycles. The topological polar surface area (TPSA) is 29.5 Å². The van der Waals surface area contributed by atoms with Gasteiger partial charge in [-0.3, -0.25) is 0 Å². The van der Waals surface area contributed by atoms with Crippen molar-refractivity contribution in [2.75, 3.05) is 11.9 Å². The van der Waals surface area contributed by atoms with Crippen LogP contribution in [0.4, 0.5) is 0 Å². The summed E-state index contributed by atoms with van der Waals surface area (Å²) in [6.07, 6.45) is -0.429. The molecule has 0 heterocycles. The second-order valence-corrected chi connectivity index (χ2v) is 2.47. The van der Waals surface area contributed by atoms with Gasteiger partial charge in [-0.25, -0.2) is 0 Å². The molecule has 0 aromatic rings. The number of allylic oxidation sites excluding steroid dienone is 1. The Morgan fingerprint density at radius 3 is 2.78 bits per heavy atom. The lowest BCUT2D eigenvalue weighted by molar-refractivity contribution is 0.0887. The lowest BCUT2D eigenvalue weighted by atomic mass is 10.4. The molecule has 0 bridgehead atoms. The van der Waals surface area contributed by atoms with Crippen LogP contribution in [0.2, 0.25) is 0 Å². The van der Waals surface area contributed by atoms with E-state index in [4.69, 9.17) is 9.84 Å². The number of alkyl halides is 1. The number of halogens is 1. The van der Waals surface area contributed by atoms with E-state index in [9.17, 15) is 0 Å². The van der Waals surface area contributed by atoms with E-state index in [0.717, 1.165) is 0 Å². The third-order valence-corrected chi connectivity index (χ3v) is 1.45. The van der Waals surface area contributed by atoms with Gasteiger partial charge in [0.1, 0.15) is 6.61 Å². The van der Waals surface area contributed by atoms with Gasteiger partial charge in [0.25, 0.3) is 0 Å². The van der Waals surface area contributed by atoms with Crippen molar-refractivity contribution in [1.29, 1.82) is 0 Å². The number of aliphatic hydroxyl groups is 1. The molecule has 2 nitrogen and oxygen atoms in total. The van der Waals surface area contributed by atoms with E-state index in [2.05, 4.69) is 22.5 Å². The van der Waals surface area contributed by atoms with Gasteiger partial charge in [-0.1, -0.05) is 22.5 Å². The lowest BCUT2D eigenvalue weighted by Gasteiger charge is -2.07. The molecule has 0 aliphatic carbocycles. The second-order valence-electron chi connectivity index (χ2n) is 1.82. The highest BCUT2D eigenvalue weighted by atomic mass is 79.9. The van der Waals surface area contributed by atoms with E-state index >= 15 is 0 Å². The molecule has 1 atom stereocenters. The van der Waals surface area contributed by atoms with Crippen LogP contribution in [0.5, 0.6) is 0 Å². The zero-order valence-corrected chi connectivity index (χ0v) is 7.02. The van der Waals surface area contributed by atoms with E-state index in [1.807, 2.05) is 0 Å². The predicted octanol–water partition coefficient (Wildman–Crippen LogP) is 1.29. The largest absolute Gasteiger partial charge is 0.496 e. The fourth-order valence-corrected chi connectivity index (χ4v) is 0.470. The van der Waals surface area contributed by atoms with Gasteiger partial charge in [0, 0.05) is 5.33 Å². The molecular weight excluding hydrogens is 184 g/mol. The minimum Gasteiger partial charge on any atom is -0.496 e. The summed E-state index contributed by atoms with van der Waals surface area (Å²) < 4.78 is 4.92. The summed E-state index contributed by atoms with van der Waals surface area (Å²) in [5.74, 6) is 0.634. The van der Waals surface area contributed by atoms with Crippen molar-refractivity contribution in [2.24, 2.45) is 0 Å². The number of rotatable bonds is 4. The maximum absolute atomic E-state index is 8.89. The Morgan fingerprint density at radius 2 is 2.44 bits per heavy atom. The molecule has 0 rings (SSSR count). The van der Waals surface area contributed by atoms with Crippen LogP contribution in [0.3, 0.4) is 0 Å². The quantitative estimate of drug-likeness (QED) is 0.541. The van der Waals surface area contributed by atoms with E-state index in [-0.39, 0.29) is 0 Å². The second kappa shape index (κ2) is 4.82. The Labute approximate surface area is 63.6 Å². The molecule has 0 spiro atoms. The van der Waals surface area contributed by atoms with Crippen molar-refractivity contribution >= 4 is 15.9 Å². The molecule has 0 aromatic heterocycles. The highest BCUT2D eigenvalue weighted by molar-refractivity contribution is 9.09. The first kappa shape index (κ1) is 8.98. The molecule has 54 valence electrons. The molecule has 1 N–H and O–H groups in total. The van der Waals surface area contributed by atoms with E-state index in [0.29, 0.717) is 17.7 Å². The maximum atomic E-state index is 8.89. The van der Waals surface area contributed by atoms with E-state index < -0.39 is 6.10 Å². The van der Waals surface area contributed by atoms with Crippen LogP contribution < -0.4 is 0 Å². The summed E-state index contributed by atoms with van der Waals surface area (Å²) in [5, 5.41) is 9.44. The maximum Gasteiger partial charge on any atom is 0.114 e. The standard InChI is InChI=1S/C6H11BrO2/c1-5(2)9-4-6(8)3-7/h6,8H,1,3-4H2,2H3/t6-/m1/s1. The van der Waals surface area contributed by atoms with Crippen LogP contribution in [-0.4, -0.2) is 23.1 Å². The fourth-order valence-electron chi connectivity index (χ4n) is 0.283. The van der Waals surface area contributed by atoms with Crippen molar-refractivity contribution in [3.63, 3.8) is 0 Å². The molecular formula is C6H11BrO2. The van der Waals surface area contributed by atoms with Crippen LogP contribution in [0, 0.1) is 0 Å². The van der Waals surface area contributed by atoms with Crippen LogP contribution in [0.15, 0.2) is 12.3 Å². The average molecular weight is 195 g/mol. The molecule has 3 heteroatoms. The Balaban J connectivity index is 3.16. The van der Waals surface area contributed by atoms with Gasteiger partial charge in [-0.2, -0.15) is 0 Å². The number of hydrogen-bond donors (Lipinski definition) is 1. The molecule has 9 heavy (non-hydrogen) atoms. The molecule has 0 fully saturated rings. The third-order valence-electron chi connectivity index (χ3n) is 0.700. The van der Waals surface area contributed by atoms with E-state index in [1.54, 1.807) is 6.92 Å². The Hall–Kier alpha value is -0.0200. The summed E-state index contributed by atoms with van der Waals surface area (Å²) in [6.45, 7) is 5.58. The summed E-state index contributed by atoms with van der Waals surface area (Å²) in [4.78, 5) is 0. The summed E-state index contributed by atoms with van der Waals surface area (Å²) >= 11 is 3.11. The average Bonchev–Trinajstić information content (AvgIpc) is 1.83. The van der Waals surface area contributed by atoms with Crippen LogP contribution >= 0.6 is 15.9 Å². The SMILES string of the molecule is C=C(C)OC[C@H](O)CBr. The number of hydrogen-bond acceptors (Lipinski definition) is 2. The first-order valence-corrected chi connectivity index (χ1v) is 3.81. The normalized spacial score (nSPS) is 12.8. The zero-order valence-electron chi connectivity index (χ0n) is 5.43. The molecule has 0 aliphatic heterocycles. The summed E-state index contributed by atoms with van der Waals surface area (Å²) in [7, 11) is 0. The van der Waals surface area contributed by atoms with Gasteiger partial charge in [-0.15, -0.1) is 0 Å². The molecule has 0 radical (unpaired) electrons. The Morgan fingerprint density at radius 1 is 1.89 bits per heavy atom. The monoisotopic (exact) mass is 194 g/mol. The highest BCUT2D eigenvalue weighted by Crippen LogP contribution is 1.95. The Bertz CT molecular complexity index is 93.1. The van der Waals surface area contributed by atoms with Gasteiger partial charge < -0.3 is 9.84 Å². The minimum absolute atomic E-state index is 0.320. The fraction of sp³-hybridized carbons (Fsp3) is 0.667. The summed E-state index contributed by atoms with van der Waals surface area (Å²) in [6, 6.07) is 0. The van der Waals surface area contributed by atoms with Crippen molar-refractivity contribution < 1.29 is 9.84 Å². The van der Waals surface area contributed by atoms with Crippen molar-refractivity contribution in [3.05, 3.63) is 12.3 Å². The van der Waals surface area contributed by atoms with Crippen molar-refractivity contribution in [3.8, 4) is 0 Å². The van der Waals surface area contributed by atoms with Crippen molar-refractivity contribution in [2.45, 2.75) is 13.0 Å². The first-order valence-electron chi connectivity index (χ1n) is 2.69. The molecule has 0 aliphatic rings. The zero-order chi connectivity index (χ0) is 7.28. The van der Waals surface area contributed by atoms with Gasteiger partial charge in [0.05, 0.1) is 11.9 Å². The first-order chi connectivity index (χ1) is 4.16. The van der Waals surface area contributed by atoms with Gasteiger partial charge in [-0.05, 0) is 6.92 Å². The van der Waals surface area contributed by atoms with Gasteiger partial charge in [0.2, 0.25) is 0 Å². The predicted molar refractivity (Wildman–Crippen MR) is 40.6 cm³/mol. The summed E-state index contributed by atoms with van der Waals surface area (Å²) in [5.41, 5.74) is 0. The molecule has 0 saturated carbocycles. The Kier molecular flexibility index (Phi) is 4.81. The number of aliphatic hydroxyl groups excluding tert-OH is 1. The van der Waals surface area contributed by atoms with Gasteiger partial charge >= 0.3 is 0 Å². The van der Waals surface area contributed by atoms with Crippen LogP contribution in [-0.2, 0) is 4.74 Å². The third kappa shape index (κ3) is 5.86. The smallest absolute Gasteiger partial charge is 0.114 e. The highest BCUT2D eigenvalue weighted by Gasteiger charge is 1.99. The van der Waals surface area contributed by atoms with Crippen LogP contribution in [0.25, 0.3) is 0 Å². The lowest BCUT2D eigenvalue weighted by Crippen LogP contribution is -2.15. The van der Waals surface area contributed by atoms with Crippen LogP contribution in [0.1, 0.15) is 6.92 Å². The number of ether oxygens (including phenoxy) is 1. The van der Waals surface area contributed by atoms with Gasteiger partial charge in [0.15, 0.2) is 0 Å². The molecule has 0 aromatic carbocycles. The minimum atomic E-state index is -0.429. The molecule has 0 unspecified atom stereocenters. The van der Waals surface area contributed by atoms with E-state index in [1.165, 1.54) is 0 Å². The molecule has 0 amide bonds. The van der Waals surface area contributed by atoms with Crippen molar-refractivity contribution in [1.82, 2.24) is 0 Å².